The maximum absolute atomic E-state index is 14.0. The third-order valence-electron chi connectivity index (χ3n) is 3.77. The minimum Gasteiger partial charge on any atom is -0.495 e. The molecule has 0 bridgehead atoms. The summed E-state index contributed by atoms with van der Waals surface area (Å²) < 4.78 is 102. The number of halogens is 7. The van der Waals surface area contributed by atoms with Gasteiger partial charge >= 0.3 is 22.1 Å². The van der Waals surface area contributed by atoms with E-state index in [1.54, 1.807) is 6.07 Å². The predicted octanol–water partition coefficient (Wildman–Crippen LogP) is 4.33. The van der Waals surface area contributed by atoms with Gasteiger partial charge < -0.3 is 14.2 Å². The number of methoxy groups -OCH3 is 1. The third-order valence-corrected chi connectivity index (χ3v) is 7.33. The molecule has 0 unspecified atom stereocenters. The van der Waals surface area contributed by atoms with E-state index in [1.807, 2.05) is 67.8 Å². The lowest BCUT2D eigenvalue weighted by Gasteiger charge is -2.13. The number of ether oxygens (including phenoxy) is 3. The largest absolute Gasteiger partial charge is 0.495 e. The van der Waals surface area contributed by atoms with E-state index in [2.05, 4.69) is 4.74 Å². The van der Waals surface area contributed by atoms with E-state index in [9.17, 15) is 35.6 Å². The summed E-state index contributed by atoms with van der Waals surface area (Å²) in [5.74, 6) is -12.1. The molecule has 0 amide bonds. The Morgan fingerprint density at radius 3 is 1.76 bits per heavy atom. The Hall–Kier alpha value is -1.00. The summed E-state index contributed by atoms with van der Waals surface area (Å²) in [7, 11) is -4.26. The lowest BCUT2D eigenvalue weighted by Crippen LogP contribution is -2.20. The molecule has 0 aromatic heterocycles. The molecule has 0 saturated carbocycles. The van der Waals surface area contributed by atoms with Gasteiger partial charge in [0.1, 0.15) is 24.5 Å². The van der Waals surface area contributed by atoms with Crippen LogP contribution in [-0.2, 0) is 19.6 Å². The fraction of sp³-hybridized carbons (Fsp3) is 0.176. The van der Waals surface area contributed by atoms with Crippen LogP contribution in [0.5, 0.6) is 5.75 Å². The Kier molecular flexibility index (Phi) is 9.55. The van der Waals surface area contributed by atoms with Crippen molar-refractivity contribution in [3.05, 3.63) is 51.2 Å². The molecule has 0 aliphatic carbocycles. The van der Waals surface area contributed by atoms with Gasteiger partial charge in [-0.3, -0.25) is 4.55 Å². The number of benzene rings is 2. The molecule has 180 valence electrons. The van der Waals surface area contributed by atoms with Crippen LogP contribution in [0, 0.1) is 34.0 Å². The monoisotopic (exact) mass is 830 g/mol. The lowest BCUT2D eigenvalue weighted by atomic mass is 10.2. The molecule has 0 atom stereocenters. The van der Waals surface area contributed by atoms with E-state index in [0.29, 0.717) is 12.9 Å². The zero-order chi connectivity index (χ0) is 25.2. The lowest BCUT2D eigenvalue weighted by molar-refractivity contribution is 0.0256. The number of carbonyl (C=O) groups is 2. The summed E-state index contributed by atoms with van der Waals surface area (Å²) in [5.41, 5.74) is -1.71. The van der Waals surface area contributed by atoms with Crippen molar-refractivity contribution < 1.29 is 54.3 Å². The average Bonchev–Trinajstić information content (AvgIpc) is 2.69. The van der Waals surface area contributed by atoms with E-state index in [-0.39, 0.29) is 5.56 Å². The van der Waals surface area contributed by atoms with Crippen molar-refractivity contribution in [2.75, 3.05) is 20.3 Å². The summed E-state index contributed by atoms with van der Waals surface area (Å²) in [4.78, 5) is 22.0. The second-order valence-corrected chi connectivity index (χ2v) is 10.5. The molecule has 1 N–H and O–H groups in total. The van der Waals surface area contributed by atoms with Crippen molar-refractivity contribution in [1.29, 1.82) is 0 Å². The van der Waals surface area contributed by atoms with Gasteiger partial charge in [0.25, 0.3) is 0 Å². The highest BCUT2D eigenvalue weighted by molar-refractivity contribution is 14.1. The fourth-order valence-corrected chi connectivity index (χ4v) is 7.26. The van der Waals surface area contributed by atoms with Gasteiger partial charge in [0.2, 0.25) is 0 Å². The second kappa shape index (κ2) is 11.2. The average molecular weight is 830 g/mol. The molecule has 0 aliphatic rings. The highest BCUT2D eigenvalue weighted by atomic mass is 127. The standard InChI is InChI=1S/C17H9F4I3O8S/c1-30-14-6(23)4-5(22)7(13(14)24)16(25)31-2-3-32-17(26)8-9(18)11(20)15(33(27,28)29)12(21)10(8)19/h4H,2-3H2,1H3,(H,27,28,29). The van der Waals surface area contributed by atoms with Crippen LogP contribution in [0.15, 0.2) is 11.0 Å². The molecule has 2 aromatic rings. The van der Waals surface area contributed by atoms with Crippen LogP contribution in [0.4, 0.5) is 17.6 Å². The van der Waals surface area contributed by atoms with Crippen LogP contribution < -0.4 is 4.74 Å². The molecule has 0 fully saturated rings. The summed E-state index contributed by atoms with van der Waals surface area (Å²) >= 11 is 5.78. The molecule has 0 spiro atoms. The highest BCUT2D eigenvalue weighted by Gasteiger charge is 2.35. The fourth-order valence-electron chi connectivity index (χ4n) is 2.38. The van der Waals surface area contributed by atoms with Crippen molar-refractivity contribution in [3.63, 3.8) is 0 Å². The van der Waals surface area contributed by atoms with E-state index in [0.717, 1.165) is 3.57 Å². The first-order valence-corrected chi connectivity index (χ1v) is 12.8. The zero-order valence-electron chi connectivity index (χ0n) is 15.9. The van der Waals surface area contributed by atoms with Crippen LogP contribution in [0.1, 0.15) is 20.7 Å². The van der Waals surface area contributed by atoms with E-state index in [4.69, 9.17) is 14.0 Å². The SMILES string of the molecule is COc1c(I)cc(I)c(C(=O)OCCOC(=O)c2c(F)c(F)c(S(=O)(=O)O)c(F)c2F)c1I. The van der Waals surface area contributed by atoms with Gasteiger partial charge in [-0.1, -0.05) is 0 Å². The minimum atomic E-state index is -5.67. The quantitative estimate of drug-likeness (QED) is 0.110. The van der Waals surface area contributed by atoms with E-state index in [1.165, 1.54) is 7.11 Å². The molecular formula is C17H9F4I3O8S. The smallest absolute Gasteiger partial charge is 0.344 e. The molecule has 2 aromatic carbocycles. The molecular weight excluding hydrogens is 821 g/mol. The van der Waals surface area contributed by atoms with Crippen molar-refractivity contribution in [2.24, 2.45) is 0 Å². The minimum absolute atomic E-state index is 0.154. The number of carbonyl (C=O) groups excluding carboxylic acids is 2. The Morgan fingerprint density at radius 2 is 1.33 bits per heavy atom. The van der Waals surface area contributed by atoms with Crippen molar-refractivity contribution in [1.82, 2.24) is 0 Å². The number of esters is 2. The molecule has 33 heavy (non-hydrogen) atoms. The maximum Gasteiger partial charge on any atom is 0.344 e. The number of hydrogen-bond donors (Lipinski definition) is 1. The van der Waals surface area contributed by atoms with Gasteiger partial charge in [-0.05, 0) is 73.8 Å². The van der Waals surface area contributed by atoms with Crippen LogP contribution in [0.25, 0.3) is 0 Å². The first-order valence-electron chi connectivity index (χ1n) is 8.13. The molecule has 0 heterocycles. The molecule has 2 rings (SSSR count). The van der Waals surface area contributed by atoms with Crippen molar-refractivity contribution in [3.8, 4) is 5.75 Å². The summed E-state index contributed by atoms with van der Waals surface area (Å²) in [6, 6.07) is 1.66. The Morgan fingerprint density at radius 1 is 0.879 bits per heavy atom. The van der Waals surface area contributed by atoms with Gasteiger partial charge in [0, 0.05) is 3.57 Å². The Bertz CT molecular complexity index is 1220. The summed E-state index contributed by atoms with van der Waals surface area (Å²) in [5, 5.41) is 0. The maximum atomic E-state index is 14.0. The van der Waals surface area contributed by atoms with E-state index < -0.39 is 69.0 Å². The van der Waals surface area contributed by atoms with Crippen molar-refractivity contribution >= 4 is 89.8 Å². The normalized spacial score (nSPS) is 11.3. The second-order valence-electron chi connectivity index (χ2n) is 5.77. The molecule has 16 heteroatoms. The van der Waals surface area contributed by atoms with Gasteiger partial charge in [-0.25, -0.2) is 27.2 Å². The van der Waals surface area contributed by atoms with Gasteiger partial charge in [-0.15, -0.1) is 0 Å². The van der Waals surface area contributed by atoms with Gasteiger partial charge in [0.05, 0.1) is 19.8 Å². The summed E-state index contributed by atoms with van der Waals surface area (Å²) in [6.07, 6.45) is 0. The van der Waals surface area contributed by atoms with Crippen LogP contribution in [0.2, 0.25) is 0 Å². The highest BCUT2D eigenvalue weighted by Crippen LogP contribution is 2.34. The molecule has 0 saturated heterocycles. The van der Waals surface area contributed by atoms with Gasteiger partial charge in [0.15, 0.2) is 28.2 Å². The zero-order valence-corrected chi connectivity index (χ0v) is 23.1. The van der Waals surface area contributed by atoms with Crippen molar-refractivity contribution in [2.45, 2.75) is 4.90 Å². The van der Waals surface area contributed by atoms with Gasteiger partial charge in [-0.2, -0.15) is 8.42 Å². The third kappa shape index (κ3) is 5.99. The molecule has 8 nitrogen and oxygen atoms in total. The van der Waals surface area contributed by atoms with E-state index >= 15 is 0 Å². The topological polar surface area (TPSA) is 116 Å². The Balaban J connectivity index is 2.15. The first-order chi connectivity index (χ1) is 15.2. The summed E-state index contributed by atoms with van der Waals surface area (Å²) in [6.45, 7) is -1.36. The first kappa shape index (κ1) is 28.2. The van der Waals surface area contributed by atoms with Crippen LogP contribution in [-0.4, -0.2) is 45.2 Å². The number of rotatable bonds is 7. The molecule has 0 aliphatic heterocycles. The Labute approximate surface area is 224 Å². The molecule has 0 radical (unpaired) electrons. The van der Waals surface area contributed by atoms with Crippen LogP contribution in [0.3, 0.4) is 0 Å². The number of hydrogen-bond acceptors (Lipinski definition) is 7. The van der Waals surface area contributed by atoms with Crippen LogP contribution >= 0.6 is 67.8 Å². The predicted molar refractivity (Wildman–Crippen MR) is 128 cm³/mol.